The molecular weight excluding hydrogens is 176 g/mol. The second kappa shape index (κ2) is 4.90. The molecule has 0 aliphatic carbocycles. The van der Waals surface area contributed by atoms with Crippen molar-refractivity contribution in [3.05, 3.63) is 12.2 Å². The van der Waals surface area contributed by atoms with Crippen LogP contribution in [0.1, 0.15) is 41.5 Å². The van der Waals surface area contributed by atoms with E-state index in [1.165, 1.54) is 0 Å². The molecule has 0 bridgehead atoms. The Balaban J connectivity index is 4.27. The van der Waals surface area contributed by atoms with Gasteiger partial charge in [-0.25, -0.2) is 0 Å². The van der Waals surface area contributed by atoms with Crippen LogP contribution >= 0.6 is 12.2 Å². The van der Waals surface area contributed by atoms with Crippen molar-refractivity contribution in [3.8, 4) is 0 Å². The number of hydrogen-bond donors (Lipinski definition) is 0. The highest BCUT2D eigenvalue weighted by molar-refractivity contribution is 7.80. The largest absolute Gasteiger partial charge is 0.0852 e. The lowest BCUT2D eigenvalue weighted by Crippen LogP contribution is -2.22. The Bertz CT molecular complexity index is 196. The molecule has 76 valence electrons. The molecule has 0 aromatic heterocycles. The van der Waals surface area contributed by atoms with E-state index in [2.05, 4.69) is 40.7 Å². The van der Waals surface area contributed by atoms with Gasteiger partial charge in [0.2, 0.25) is 0 Å². The van der Waals surface area contributed by atoms with Crippen molar-refractivity contribution in [2.45, 2.75) is 41.5 Å². The minimum Gasteiger partial charge on any atom is -0.0852 e. The summed E-state index contributed by atoms with van der Waals surface area (Å²) in [5.41, 5.74) is 0.374. The average Bonchev–Trinajstić information content (AvgIpc) is 1.96. The second-order valence-electron chi connectivity index (χ2n) is 4.98. The van der Waals surface area contributed by atoms with E-state index in [9.17, 15) is 0 Å². The van der Waals surface area contributed by atoms with Gasteiger partial charge in [0.1, 0.15) is 0 Å². The van der Waals surface area contributed by atoms with E-state index in [-0.39, 0.29) is 0 Å². The highest BCUT2D eigenvalue weighted by atomic mass is 32.1. The van der Waals surface area contributed by atoms with Gasteiger partial charge in [-0.1, -0.05) is 59.0 Å². The van der Waals surface area contributed by atoms with Gasteiger partial charge >= 0.3 is 0 Å². The molecular formula is C12H22S. The molecule has 0 aromatic rings. The third-order valence-electron chi connectivity index (χ3n) is 2.79. The summed E-state index contributed by atoms with van der Waals surface area (Å²) < 4.78 is 0. The van der Waals surface area contributed by atoms with Crippen LogP contribution in [0.15, 0.2) is 12.2 Å². The van der Waals surface area contributed by atoms with E-state index in [1.807, 2.05) is 13.0 Å². The number of hydrogen-bond acceptors (Lipinski definition) is 1. The maximum atomic E-state index is 5.01. The quantitative estimate of drug-likeness (QED) is 0.482. The maximum Gasteiger partial charge on any atom is 0.0118 e. The fourth-order valence-corrected chi connectivity index (χ4v) is 1.32. The summed E-state index contributed by atoms with van der Waals surface area (Å²) in [5, 5.41) is 0. The van der Waals surface area contributed by atoms with Crippen molar-refractivity contribution >= 4 is 17.1 Å². The van der Waals surface area contributed by atoms with Crippen LogP contribution in [0, 0.1) is 17.3 Å². The Morgan fingerprint density at radius 2 is 1.69 bits per heavy atom. The van der Waals surface area contributed by atoms with Crippen molar-refractivity contribution in [2.24, 2.45) is 17.3 Å². The predicted molar refractivity (Wildman–Crippen MR) is 65.2 cm³/mol. The smallest absolute Gasteiger partial charge is 0.0118 e. The minimum atomic E-state index is 0.374. The number of allylic oxidation sites excluding steroid dienone is 2. The summed E-state index contributed by atoms with van der Waals surface area (Å²) in [6.45, 7) is 13.4. The molecule has 0 aromatic carbocycles. The SMILES string of the molecule is CC(=S)/C=C\C(C)C(C)C(C)(C)C. The molecule has 0 nitrogen and oxygen atoms in total. The zero-order valence-electron chi connectivity index (χ0n) is 9.72. The van der Waals surface area contributed by atoms with E-state index in [1.54, 1.807) is 0 Å². The van der Waals surface area contributed by atoms with Crippen LogP contribution in [0.2, 0.25) is 0 Å². The Kier molecular flexibility index (Phi) is 4.83. The molecule has 0 rings (SSSR count). The lowest BCUT2D eigenvalue weighted by Gasteiger charge is -2.30. The highest BCUT2D eigenvalue weighted by Crippen LogP contribution is 2.32. The molecule has 0 N–H and O–H groups in total. The van der Waals surface area contributed by atoms with Gasteiger partial charge in [0.25, 0.3) is 0 Å². The van der Waals surface area contributed by atoms with Crippen LogP contribution in [-0.2, 0) is 0 Å². The molecule has 0 aliphatic heterocycles. The van der Waals surface area contributed by atoms with E-state index in [4.69, 9.17) is 12.2 Å². The Morgan fingerprint density at radius 1 is 1.23 bits per heavy atom. The maximum absolute atomic E-state index is 5.01. The van der Waals surface area contributed by atoms with Crippen molar-refractivity contribution in [1.82, 2.24) is 0 Å². The van der Waals surface area contributed by atoms with Crippen molar-refractivity contribution in [1.29, 1.82) is 0 Å². The zero-order chi connectivity index (χ0) is 10.6. The first kappa shape index (κ1) is 12.8. The number of rotatable bonds is 3. The summed E-state index contributed by atoms with van der Waals surface area (Å²) >= 11 is 5.01. The molecule has 2 unspecified atom stereocenters. The molecule has 0 aliphatic rings. The van der Waals surface area contributed by atoms with Crippen LogP contribution < -0.4 is 0 Å². The second-order valence-corrected chi connectivity index (χ2v) is 5.63. The topological polar surface area (TPSA) is 0 Å². The van der Waals surface area contributed by atoms with Gasteiger partial charge in [-0.05, 0) is 24.2 Å². The minimum absolute atomic E-state index is 0.374. The molecule has 1 heteroatoms. The van der Waals surface area contributed by atoms with Gasteiger partial charge < -0.3 is 0 Å². The van der Waals surface area contributed by atoms with Gasteiger partial charge in [0.05, 0.1) is 0 Å². The summed E-state index contributed by atoms with van der Waals surface area (Å²) in [4.78, 5) is 0.966. The summed E-state index contributed by atoms with van der Waals surface area (Å²) in [5.74, 6) is 1.27. The standard InChI is InChI=1S/C12H22S/c1-9(7-8-10(2)13)11(3)12(4,5)6/h7-9,11H,1-6H3/b8-7-. The normalized spacial score (nSPS) is 17.4. The highest BCUT2D eigenvalue weighted by Gasteiger charge is 2.23. The first-order valence-corrected chi connectivity index (χ1v) is 5.34. The van der Waals surface area contributed by atoms with Crippen LogP contribution in [-0.4, -0.2) is 4.86 Å². The summed E-state index contributed by atoms with van der Waals surface area (Å²) in [7, 11) is 0. The van der Waals surface area contributed by atoms with Gasteiger partial charge in [0, 0.05) is 4.86 Å². The molecule has 0 spiro atoms. The molecule has 0 saturated heterocycles. The fraction of sp³-hybridized carbons (Fsp3) is 0.750. The van der Waals surface area contributed by atoms with E-state index >= 15 is 0 Å². The lowest BCUT2D eigenvalue weighted by molar-refractivity contribution is 0.215. The molecule has 0 radical (unpaired) electrons. The van der Waals surface area contributed by atoms with E-state index in [0.29, 0.717) is 17.3 Å². The van der Waals surface area contributed by atoms with E-state index in [0.717, 1.165) is 4.86 Å². The Morgan fingerprint density at radius 3 is 2.00 bits per heavy atom. The monoisotopic (exact) mass is 198 g/mol. The molecule has 2 atom stereocenters. The van der Waals surface area contributed by atoms with Crippen molar-refractivity contribution < 1.29 is 0 Å². The van der Waals surface area contributed by atoms with Crippen molar-refractivity contribution in [2.75, 3.05) is 0 Å². The van der Waals surface area contributed by atoms with Gasteiger partial charge in [0.15, 0.2) is 0 Å². The van der Waals surface area contributed by atoms with Crippen LogP contribution in [0.4, 0.5) is 0 Å². The fourth-order valence-electron chi connectivity index (χ4n) is 1.24. The zero-order valence-corrected chi connectivity index (χ0v) is 10.5. The molecule has 0 heterocycles. The first-order chi connectivity index (χ1) is 5.75. The lowest BCUT2D eigenvalue weighted by atomic mass is 9.75. The van der Waals surface area contributed by atoms with Gasteiger partial charge in [-0.3, -0.25) is 0 Å². The first-order valence-electron chi connectivity index (χ1n) is 4.94. The van der Waals surface area contributed by atoms with Crippen LogP contribution in [0.3, 0.4) is 0 Å². The van der Waals surface area contributed by atoms with Crippen molar-refractivity contribution in [3.63, 3.8) is 0 Å². The molecule has 0 fully saturated rings. The predicted octanol–water partition coefficient (Wildman–Crippen LogP) is 4.25. The van der Waals surface area contributed by atoms with Crippen LogP contribution in [0.5, 0.6) is 0 Å². The molecule has 13 heavy (non-hydrogen) atoms. The average molecular weight is 198 g/mol. The third-order valence-corrected chi connectivity index (χ3v) is 2.93. The third kappa shape index (κ3) is 5.20. The Hall–Kier alpha value is -0.170. The summed E-state index contributed by atoms with van der Waals surface area (Å²) in [6.07, 6.45) is 4.26. The molecule has 0 saturated carbocycles. The van der Waals surface area contributed by atoms with E-state index < -0.39 is 0 Å². The summed E-state index contributed by atoms with van der Waals surface area (Å²) in [6, 6.07) is 0. The van der Waals surface area contributed by atoms with Gasteiger partial charge in [-0.15, -0.1) is 0 Å². The van der Waals surface area contributed by atoms with Gasteiger partial charge in [-0.2, -0.15) is 0 Å². The molecule has 0 amide bonds. The Labute approximate surface area is 88.4 Å². The van der Waals surface area contributed by atoms with Crippen LogP contribution in [0.25, 0.3) is 0 Å². The number of thiocarbonyl (C=S) groups is 1.